The van der Waals surface area contributed by atoms with Gasteiger partial charge in [-0.3, -0.25) is 10.1 Å². The van der Waals surface area contributed by atoms with Crippen LogP contribution in [0.1, 0.15) is 12.5 Å². The van der Waals surface area contributed by atoms with E-state index < -0.39 is 4.92 Å². The molecular formula is C15H15IN2O3. The lowest BCUT2D eigenvalue weighted by Gasteiger charge is -2.12. The van der Waals surface area contributed by atoms with Gasteiger partial charge in [-0.25, -0.2) is 0 Å². The van der Waals surface area contributed by atoms with Gasteiger partial charge in [-0.2, -0.15) is 0 Å². The van der Waals surface area contributed by atoms with Gasteiger partial charge in [0.05, 0.1) is 8.49 Å². The van der Waals surface area contributed by atoms with Gasteiger partial charge < -0.3 is 10.1 Å². The highest BCUT2D eigenvalue weighted by atomic mass is 127. The van der Waals surface area contributed by atoms with Crippen LogP contribution < -0.4 is 10.1 Å². The van der Waals surface area contributed by atoms with Gasteiger partial charge in [0.15, 0.2) is 0 Å². The Morgan fingerprint density at radius 1 is 1.29 bits per heavy atom. The molecule has 0 bridgehead atoms. The molecule has 0 fully saturated rings. The lowest BCUT2D eigenvalue weighted by atomic mass is 10.1. The van der Waals surface area contributed by atoms with Crippen molar-refractivity contribution in [3.63, 3.8) is 0 Å². The van der Waals surface area contributed by atoms with Crippen LogP contribution in [0.2, 0.25) is 0 Å². The Bertz CT molecular complexity index is 647. The molecule has 0 unspecified atom stereocenters. The van der Waals surface area contributed by atoms with E-state index in [0.717, 1.165) is 27.1 Å². The molecule has 0 spiro atoms. The fourth-order valence-electron chi connectivity index (χ4n) is 1.89. The predicted octanol–water partition coefficient (Wildman–Crippen LogP) is 4.21. The van der Waals surface area contributed by atoms with Crippen molar-refractivity contribution < 1.29 is 9.66 Å². The first-order chi connectivity index (χ1) is 10.1. The van der Waals surface area contributed by atoms with Crippen molar-refractivity contribution in [2.45, 2.75) is 13.5 Å². The van der Waals surface area contributed by atoms with Gasteiger partial charge in [-0.05, 0) is 47.7 Å². The van der Waals surface area contributed by atoms with Crippen molar-refractivity contribution in [2.24, 2.45) is 0 Å². The van der Waals surface area contributed by atoms with Crippen LogP contribution in [0.25, 0.3) is 0 Å². The first-order valence-corrected chi connectivity index (χ1v) is 7.58. The Kier molecular flexibility index (Phi) is 5.38. The summed E-state index contributed by atoms with van der Waals surface area (Å²) >= 11 is 2.20. The van der Waals surface area contributed by atoms with Crippen molar-refractivity contribution in [3.8, 4) is 5.75 Å². The third-order valence-electron chi connectivity index (χ3n) is 2.89. The summed E-state index contributed by atoms with van der Waals surface area (Å²) < 4.78 is 6.78. The molecule has 2 rings (SSSR count). The molecular weight excluding hydrogens is 383 g/mol. The number of hydrogen-bond acceptors (Lipinski definition) is 4. The lowest BCUT2D eigenvalue weighted by Crippen LogP contribution is -2.05. The van der Waals surface area contributed by atoms with E-state index in [2.05, 4.69) is 27.9 Å². The molecule has 110 valence electrons. The quantitative estimate of drug-likeness (QED) is 0.450. The molecule has 1 N–H and O–H groups in total. The Balaban J connectivity index is 2.22. The van der Waals surface area contributed by atoms with Gasteiger partial charge in [0.2, 0.25) is 0 Å². The highest BCUT2D eigenvalue weighted by molar-refractivity contribution is 14.1. The van der Waals surface area contributed by atoms with Gasteiger partial charge in [0.1, 0.15) is 12.4 Å². The van der Waals surface area contributed by atoms with Gasteiger partial charge in [0, 0.05) is 29.9 Å². The topological polar surface area (TPSA) is 64.4 Å². The predicted molar refractivity (Wildman–Crippen MR) is 90.8 cm³/mol. The molecule has 0 aliphatic rings. The molecule has 0 saturated heterocycles. The number of ether oxygens (including phenoxy) is 1. The van der Waals surface area contributed by atoms with E-state index in [1.807, 2.05) is 31.2 Å². The third-order valence-corrected chi connectivity index (χ3v) is 3.78. The number of hydrogen-bond donors (Lipinski definition) is 1. The first kappa shape index (κ1) is 15.6. The van der Waals surface area contributed by atoms with Crippen LogP contribution in [0.3, 0.4) is 0 Å². The minimum atomic E-state index is -0.397. The molecule has 0 aliphatic heterocycles. The number of nitro groups is 1. The number of non-ortho nitro benzene ring substituents is 1. The minimum Gasteiger partial charge on any atom is -0.488 e. The van der Waals surface area contributed by atoms with Gasteiger partial charge in [-0.1, -0.05) is 12.1 Å². The molecule has 5 nitrogen and oxygen atoms in total. The van der Waals surface area contributed by atoms with Crippen LogP contribution in [0.5, 0.6) is 5.75 Å². The number of nitrogens with one attached hydrogen (secondary N) is 1. The second-order valence-electron chi connectivity index (χ2n) is 4.35. The molecule has 0 atom stereocenters. The van der Waals surface area contributed by atoms with Gasteiger partial charge >= 0.3 is 0 Å². The smallest absolute Gasteiger partial charge is 0.269 e. The monoisotopic (exact) mass is 398 g/mol. The molecule has 0 aliphatic carbocycles. The Labute approximate surface area is 136 Å². The highest BCUT2D eigenvalue weighted by Gasteiger charge is 2.11. The zero-order chi connectivity index (χ0) is 15.2. The Hall–Kier alpha value is -1.83. The van der Waals surface area contributed by atoms with Crippen molar-refractivity contribution in [2.75, 3.05) is 11.9 Å². The molecule has 0 aromatic heterocycles. The molecule has 0 amide bonds. The van der Waals surface area contributed by atoms with Crippen LogP contribution in [0, 0.1) is 13.7 Å². The maximum Gasteiger partial charge on any atom is 0.269 e. The molecule has 6 heteroatoms. The summed E-state index contributed by atoms with van der Waals surface area (Å²) in [5.74, 6) is 0.770. The van der Waals surface area contributed by atoms with E-state index in [9.17, 15) is 10.1 Å². The summed E-state index contributed by atoms with van der Waals surface area (Å²) in [7, 11) is 0. The Morgan fingerprint density at radius 2 is 2.05 bits per heavy atom. The summed E-state index contributed by atoms with van der Waals surface area (Å²) in [5, 5.41) is 14.1. The van der Waals surface area contributed by atoms with Crippen molar-refractivity contribution in [1.29, 1.82) is 0 Å². The van der Waals surface area contributed by atoms with E-state index in [1.54, 1.807) is 12.1 Å². The first-order valence-electron chi connectivity index (χ1n) is 6.50. The molecule has 2 aromatic rings. The van der Waals surface area contributed by atoms with Gasteiger partial charge in [0.25, 0.3) is 5.69 Å². The second-order valence-corrected chi connectivity index (χ2v) is 5.51. The van der Waals surface area contributed by atoms with E-state index in [4.69, 9.17) is 4.74 Å². The van der Waals surface area contributed by atoms with E-state index >= 15 is 0 Å². The molecule has 0 heterocycles. The Morgan fingerprint density at radius 3 is 2.71 bits per heavy atom. The fraction of sp³-hybridized carbons (Fsp3) is 0.200. The third kappa shape index (κ3) is 4.07. The fourth-order valence-corrected chi connectivity index (χ4v) is 2.44. The van der Waals surface area contributed by atoms with Crippen LogP contribution in [-0.4, -0.2) is 11.5 Å². The average molecular weight is 398 g/mol. The van der Waals surface area contributed by atoms with Crippen molar-refractivity contribution in [1.82, 2.24) is 0 Å². The van der Waals surface area contributed by atoms with Crippen molar-refractivity contribution in [3.05, 3.63) is 61.7 Å². The lowest BCUT2D eigenvalue weighted by molar-refractivity contribution is -0.384. The maximum absolute atomic E-state index is 10.9. The van der Waals surface area contributed by atoms with Crippen LogP contribution >= 0.6 is 22.6 Å². The zero-order valence-corrected chi connectivity index (χ0v) is 13.7. The number of benzene rings is 2. The SMILES string of the molecule is CCNc1ccc([N+](=O)[O-])cc1COc1ccccc1I. The maximum atomic E-state index is 10.9. The molecule has 2 aromatic carbocycles. The molecule has 21 heavy (non-hydrogen) atoms. The number of anilines is 1. The summed E-state index contributed by atoms with van der Waals surface area (Å²) in [6.07, 6.45) is 0. The summed E-state index contributed by atoms with van der Waals surface area (Å²) in [5.41, 5.74) is 1.69. The molecule has 0 radical (unpaired) electrons. The zero-order valence-electron chi connectivity index (χ0n) is 11.5. The standard InChI is InChI=1S/C15H15IN2O3/c1-2-17-14-8-7-12(18(19)20)9-11(14)10-21-15-6-4-3-5-13(15)16/h3-9,17H,2,10H2,1H3. The van der Waals surface area contributed by atoms with Gasteiger partial charge in [-0.15, -0.1) is 0 Å². The number of nitrogens with zero attached hydrogens (tertiary/aromatic N) is 1. The number of para-hydroxylation sites is 1. The number of nitro benzene ring substituents is 1. The summed E-state index contributed by atoms with van der Waals surface area (Å²) in [4.78, 5) is 10.5. The number of halogens is 1. The van der Waals surface area contributed by atoms with Crippen LogP contribution in [-0.2, 0) is 6.61 Å². The van der Waals surface area contributed by atoms with Crippen LogP contribution in [0.15, 0.2) is 42.5 Å². The summed E-state index contributed by atoms with van der Waals surface area (Å²) in [6, 6.07) is 12.4. The normalized spacial score (nSPS) is 10.2. The second kappa shape index (κ2) is 7.26. The minimum absolute atomic E-state index is 0.0676. The largest absolute Gasteiger partial charge is 0.488 e. The van der Waals surface area contributed by atoms with Crippen molar-refractivity contribution >= 4 is 34.0 Å². The van der Waals surface area contributed by atoms with Crippen LogP contribution in [0.4, 0.5) is 11.4 Å². The van der Waals surface area contributed by atoms with E-state index in [1.165, 1.54) is 6.07 Å². The number of rotatable bonds is 6. The highest BCUT2D eigenvalue weighted by Crippen LogP contribution is 2.25. The average Bonchev–Trinajstić information content (AvgIpc) is 2.47. The van der Waals surface area contributed by atoms with E-state index in [-0.39, 0.29) is 12.3 Å². The molecule has 0 saturated carbocycles. The van der Waals surface area contributed by atoms with E-state index in [0.29, 0.717) is 0 Å². The summed E-state index contributed by atoms with van der Waals surface area (Å²) in [6.45, 7) is 3.00.